The van der Waals surface area contributed by atoms with E-state index in [-0.39, 0.29) is 17.9 Å². The number of halogens is 1. The molecule has 1 saturated heterocycles. The molecule has 208 valence electrons. The molecule has 1 atom stereocenters. The lowest BCUT2D eigenvalue weighted by Gasteiger charge is -2.46. The van der Waals surface area contributed by atoms with Crippen LogP contribution >= 0.6 is 0 Å². The highest BCUT2D eigenvalue weighted by atomic mass is 19.1. The van der Waals surface area contributed by atoms with Crippen LogP contribution in [0.15, 0.2) is 42.9 Å². The first kappa shape index (κ1) is 26.1. The Balaban J connectivity index is 1.13. The number of morpholine rings is 1. The number of nitrogens with zero attached hydrogens (tertiary/aromatic N) is 7. The zero-order chi connectivity index (χ0) is 27.9. The van der Waals surface area contributed by atoms with Crippen LogP contribution in [0.4, 0.5) is 16.0 Å². The monoisotopic (exact) mass is 545 g/mol. The van der Waals surface area contributed by atoms with Crippen molar-refractivity contribution in [2.75, 3.05) is 18.5 Å². The number of hydrogen-bond acceptors (Lipinski definition) is 8. The third-order valence-corrected chi connectivity index (χ3v) is 7.86. The van der Waals surface area contributed by atoms with Gasteiger partial charge < -0.3 is 15.0 Å². The average Bonchev–Trinajstić information content (AvgIpc) is 3.57. The molecule has 1 amide bonds. The predicted octanol–water partition coefficient (Wildman–Crippen LogP) is 4.30. The highest BCUT2D eigenvalue weighted by Crippen LogP contribution is 2.43. The number of carbonyl (C=O) groups is 1. The number of aromatic nitrogens is 7. The first-order valence-corrected chi connectivity index (χ1v) is 13.6. The van der Waals surface area contributed by atoms with Gasteiger partial charge >= 0.3 is 0 Å². The molecule has 1 spiro atoms. The molecular weight excluding hydrogens is 513 g/mol. The van der Waals surface area contributed by atoms with E-state index in [1.165, 1.54) is 10.9 Å². The van der Waals surface area contributed by atoms with Crippen LogP contribution in [0, 0.1) is 19.7 Å². The number of H-pyrrole nitrogens is 1. The second-order valence-electron chi connectivity index (χ2n) is 10.7. The maximum Gasteiger partial charge on any atom is 0.255 e. The molecule has 6 rings (SSSR count). The van der Waals surface area contributed by atoms with E-state index < -0.39 is 11.4 Å². The number of rotatable bonds is 6. The standard InChI is InChI=1S/C28H32FN9O2/c1-17-12-23(33-24-13-18(2)35-36-24)34-26(32-17)20-6-8-28(9-7-20)27(39)37(10-11-40-28)19(3)21-4-5-25(30-14-21)38-16-22(29)15-31-38/h4-5,12-16,19-20H,6-11H2,1-3H3,(H2,32,33,34,35,36)/t19-,20?,28?/m1/s1. The number of ether oxygens (including phenoxy) is 1. The summed E-state index contributed by atoms with van der Waals surface area (Å²) < 4.78 is 20.9. The zero-order valence-corrected chi connectivity index (χ0v) is 22.8. The van der Waals surface area contributed by atoms with Gasteiger partial charge in [-0.25, -0.2) is 24.0 Å². The van der Waals surface area contributed by atoms with Crippen molar-refractivity contribution < 1.29 is 13.9 Å². The number of amides is 1. The summed E-state index contributed by atoms with van der Waals surface area (Å²) in [5.74, 6) is 2.44. The van der Waals surface area contributed by atoms with Crippen LogP contribution in [0.25, 0.3) is 5.82 Å². The van der Waals surface area contributed by atoms with Crippen molar-refractivity contribution in [1.82, 2.24) is 39.8 Å². The minimum Gasteiger partial charge on any atom is -0.363 e. The van der Waals surface area contributed by atoms with Crippen molar-refractivity contribution >= 4 is 17.5 Å². The van der Waals surface area contributed by atoms with E-state index in [1.54, 1.807) is 12.3 Å². The van der Waals surface area contributed by atoms with Crippen molar-refractivity contribution in [2.45, 2.75) is 64.0 Å². The molecule has 40 heavy (non-hydrogen) atoms. The number of aromatic amines is 1. The fourth-order valence-electron chi connectivity index (χ4n) is 5.67. The summed E-state index contributed by atoms with van der Waals surface area (Å²) in [7, 11) is 0. The molecular formula is C28H32FN9O2. The third-order valence-electron chi connectivity index (χ3n) is 7.86. The SMILES string of the molecule is Cc1cc(Nc2cc(C)[nH]n2)nc(C2CCC3(CC2)OCCN([C@H](C)c2ccc(-n4cc(F)cn4)nc2)C3=O)n1. The lowest BCUT2D eigenvalue weighted by Crippen LogP contribution is -2.58. The Morgan fingerprint density at radius 3 is 2.65 bits per heavy atom. The molecule has 0 bridgehead atoms. The van der Waals surface area contributed by atoms with Gasteiger partial charge in [0.05, 0.1) is 25.0 Å². The Kier molecular flexibility index (Phi) is 6.78. The second-order valence-corrected chi connectivity index (χ2v) is 10.7. The van der Waals surface area contributed by atoms with E-state index in [9.17, 15) is 9.18 Å². The molecule has 2 N–H and O–H groups in total. The quantitative estimate of drug-likeness (QED) is 0.367. The van der Waals surface area contributed by atoms with Crippen LogP contribution in [0.3, 0.4) is 0 Å². The van der Waals surface area contributed by atoms with E-state index in [2.05, 4.69) is 25.6 Å². The number of aryl methyl sites for hydroxylation is 2. The van der Waals surface area contributed by atoms with E-state index >= 15 is 0 Å². The van der Waals surface area contributed by atoms with Gasteiger partial charge in [-0.2, -0.15) is 10.2 Å². The van der Waals surface area contributed by atoms with E-state index in [1.807, 2.05) is 43.9 Å². The lowest BCUT2D eigenvalue weighted by molar-refractivity contribution is -0.181. The number of carbonyl (C=O) groups excluding carboxylic acids is 1. The molecule has 4 aromatic rings. The number of anilines is 2. The van der Waals surface area contributed by atoms with Crippen molar-refractivity contribution in [3.05, 3.63) is 71.4 Å². The molecule has 2 fully saturated rings. The molecule has 2 aliphatic rings. The van der Waals surface area contributed by atoms with Gasteiger partial charge in [-0.15, -0.1) is 0 Å². The van der Waals surface area contributed by atoms with Crippen LogP contribution in [-0.2, 0) is 9.53 Å². The molecule has 12 heteroatoms. The smallest absolute Gasteiger partial charge is 0.255 e. The summed E-state index contributed by atoms with van der Waals surface area (Å²) in [6.07, 6.45) is 6.87. The first-order chi connectivity index (χ1) is 19.3. The topological polar surface area (TPSA) is 127 Å². The maximum absolute atomic E-state index is 13.8. The molecule has 1 saturated carbocycles. The Morgan fingerprint density at radius 1 is 1.15 bits per heavy atom. The molecule has 0 radical (unpaired) electrons. The van der Waals surface area contributed by atoms with Gasteiger partial charge in [0.1, 0.15) is 17.2 Å². The molecule has 1 aliphatic carbocycles. The normalized spacial score (nSPS) is 22.1. The number of nitrogens with one attached hydrogen (secondary N) is 2. The maximum atomic E-state index is 13.8. The second kappa shape index (κ2) is 10.4. The van der Waals surface area contributed by atoms with Crippen molar-refractivity contribution in [3.63, 3.8) is 0 Å². The van der Waals surface area contributed by atoms with Crippen LogP contribution in [0.2, 0.25) is 0 Å². The zero-order valence-electron chi connectivity index (χ0n) is 22.8. The summed E-state index contributed by atoms with van der Waals surface area (Å²) in [6, 6.07) is 7.33. The Bertz CT molecular complexity index is 1510. The molecule has 0 aromatic carbocycles. The van der Waals surface area contributed by atoms with Crippen LogP contribution in [-0.4, -0.2) is 64.5 Å². The predicted molar refractivity (Wildman–Crippen MR) is 145 cm³/mol. The Hall–Kier alpha value is -4.19. The minimum absolute atomic E-state index is 0.0179. The third kappa shape index (κ3) is 5.06. The van der Waals surface area contributed by atoms with E-state index in [0.717, 1.165) is 41.8 Å². The molecule has 4 aromatic heterocycles. The summed E-state index contributed by atoms with van der Waals surface area (Å²) in [5.41, 5.74) is 1.91. The molecule has 5 heterocycles. The number of hydrogen-bond donors (Lipinski definition) is 2. The molecule has 0 unspecified atom stereocenters. The lowest BCUT2D eigenvalue weighted by atomic mass is 9.76. The van der Waals surface area contributed by atoms with Gasteiger partial charge in [-0.1, -0.05) is 6.07 Å². The van der Waals surface area contributed by atoms with Crippen LogP contribution in [0.5, 0.6) is 0 Å². The van der Waals surface area contributed by atoms with Gasteiger partial charge in [-0.05, 0) is 58.1 Å². The Morgan fingerprint density at radius 2 is 1.98 bits per heavy atom. The summed E-state index contributed by atoms with van der Waals surface area (Å²) in [4.78, 5) is 29.7. The highest BCUT2D eigenvalue weighted by molar-refractivity contribution is 5.86. The van der Waals surface area contributed by atoms with Crippen molar-refractivity contribution in [1.29, 1.82) is 0 Å². The molecule has 11 nitrogen and oxygen atoms in total. The summed E-state index contributed by atoms with van der Waals surface area (Å²) in [5, 5.41) is 14.4. The van der Waals surface area contributed by atoms with Crippen molar-refractivity contribution in [3.8, 4) is 5.82 Å². The van der Waals surface area contributed by atoms with Gasteiger partial charge in [0, 0.05) is 42.2 Å². The summed E-state index contributed by atoms with van der Waals surface area (Å²) >= 11 is 0. The van der Waals surface area contributed by atoms with Gasteiger partial charge in [0.15, 0.2) is 17.5 Å². The van der Waals surface area contributed by atoms with Gasteiger partial charge in [0.25, 0.3) is 5.91 Å². The Labute approximate surface area is 231 Å². The fraction of sp³-hybridized carbons (Fsp3) is 0.429. The van der Waals surface area contributed by atoms with Crippen molar-refractivity contribution in [2.24, 2.45) is 0 Å². The van der Waals surface area contributed by atoms with Crippen LogP contribution in [0.1, 0.15) is 67.3 Å². The number of pyridine rings is 1. The van der Waals surface area contributed by atoms with Gasteiger partial charge in [0.2, 0.25) is 0 Å². The molecule has 1 aliphatic heterocycles. The largest absolute Gasteiger partial charge is 0.363 e. The minimum atomic E-state index is -0.833. The van der Waals surface area contributed by atoms with Gasteiger partial charge in [-0.3, -0.25) is 9.89 Å². The van der Waals surface area contributed by atoms with Crippen LogP contribution < -0.4 is 5.32 Å². The van der Waals surface area contributed by atoms with E-state index in [0.29, 0.717) is 43.4 Å². The highest BCUT2D eigenvalue weighted by Gasteiger charge is 2.49. The summed E-state index contributed by atoms with van der Waals surface area (Å²) in [6.45, 7) is 6.90. The fourth-order valence-corrected chi connectivity index (χ4v) is 5.67. The average molecular weight is 546 g/mol. The first-order valence-electron chi connectivity index (χ1n) is 13.6. The van der Waals surface area contributed by atoms with E-state index in [4.69, 9.17) is 14.7 Å².